The van der Waals surface area contributed by atoms with Crippen LogP contribution in [0, 0.1) is 0 Å². The van der Waals surface area contributed by atoms with Crippen LogP contribution in [0.25, 0.3) is 32.3 Å². The zero-order valence-corrected chi connectivity index (χ0v) is 21.4. The van der Waals surface area contributed by atoms with Crippen molar-refractivity contribution < 1.29 is 0 Å². The molecule has 0 aliphatic carbocycles. The number of benzene rings is 7. The summed E-state index contributed by atoms with van der Waals surface area (Å²) >= 11 is 0. The molecule has 0 radical (unpaired) electrons. The van der Waals surface area contributed by atoms with Crippen LogP contribution in [0.15, 0.2) is 158 Å². The predicted molar refractivity (Wildman–Crippen MR) is 164 cm³/mol. The van der Waals surface area contributed by atoms with Crippen LogP contribution < -0.4 is 21.2 Å². The third kappa shape index (κ3) is 3.49. The van der Waals surface area contributed by atoms with E-state index >= 15 is 0 Å². The van der Waals surface area contributed by atoms with Crippen molar-refractivity contribution in [2.75, 3.05) is 0 Å². The number of hydrogen-bond acceptors (Lipinski definition) is 0. The van der Waals surface area contributed by atoms with E-state index in [2.05, 4.69) is 158 Å². The Morgan fingerprint density at radius 3 is 1.30 bits per heavy atom. The van der Waals surface area contributed by atoms with Gasteiger partial charge in [-0.1, -0.05) is 109 Å². The van der Waals surface area contributed by atoms with Crippen LogP contribution >= 0.6 is 7.26 Å². The van der Waals surface area contributed by atoms with Crippen molar-refractivity contribution in [1.29, 1.82) is 0 Å². The Morgan fingerprint density at radius 1 is 0.297 bits per heavy atom. The molecule has 0 unspecified atom stereocenters. The average Bonchev–Trinajstić information content (AvgIpc) is 2.99. The van der Waals surface area contributed by atoms with Crippen molar-refractivity contribution in [3.05, 3.63) is 158 Å². The first-order valence-corrected chi connectivity index (χ1v) is 14.6. The number of hydrogen-bond donors (Lipinski definition) is 0. The standard InChI is InChI=1S/C36H26P/c1-4-13-30(14-5-1)37(31-15-6-2-7-16-31,32-17-8-3-9-18-32)33-25-24-28-21-23-29-22-20-27-12-10-11-19-34(27)36(29)35(28)26-33/h1-26H/q+1. The molecule has 7 rings (SSSR count). The van der Waals surface area contributed by atoms with Crippen molar-refractivity contribution in [1.82, 2.24) is 0 Å². The number of fused-ring (bicyclic) bond motifs is 5. The van der Waals surface area contributed by atoms with Crippen molar-refractivity contribution in [2.45, 2.75) is 0 Å². The van der Waals surface area contributed by atoms with E-state index in [0.717, 1.165) is 0 Å². The second-order valence-electron chi connectivity index (χ2n) is 9.53. The largest absolute Gasteiger partial charge is 0.144 e. The van der Waals surface area contributed by atoms with Crippen LogP contribution in [-0.4, -0.2) is 0 Å². The molecule has 1 heteroatoms. The van der Waals surface area contributed by atoms with Crippen molar-refractivity contribution >= 4 is 60.8 Å². The molecule has 174 valence electrons. The highest BCUT2D eigenvalue weighted by Crippen LogP contribution is 2.54. The molecule has 0 aliphatic rings. The molecule has 0 aliphatic heterocycles. The first-order valence-electron chi connectivity index (χ1n) is 12.8. The maximum atomic E-state index is 2.49. The van der Waals surface area contributed by atoms with Crippen molar-refractivity contribution in [2.24, 2.45) is 0 Å². The zero-order valence-electron chi connectivity index (χ0n) is 20.5. The molecule has 7 aromatic rings. The van der Waals surface area contributed by atoms with E-state index in [9.17, 15) is 0 Å². The summed E-state index contributed by atoms with van der Waals surface area (Å²) in [5.74, 6) is 0. The van der Waals surface area contributed by atoms with Gasteiger partial charge in [0, 0.05) is 0 Å². The normalized spacial score (nSPS) is 11.8. The summed E-state index contributed by atoms with van der Waals surface area (Å²) in [6.45, 7) is 0. The van der Waals surface area contributed by atoms with E-state index < -0.39 is 7.26 Å². The molecule has 0 fully saturated rings. The molecule has 0 amide bonds. The second-order valence-corrected chi connectivity index (χ2v) is 12.9. The van der Waals surface area contributed by atoms with Gasteiger partial charge in [0.2, 0.25) is 0 Å². The molecule has 0 atom stereocenters. The van der Waals surface area contributed by atoms with E-state index in [1.54, 1.807) is 0 Å². The van der Waals surface area contributed by atoms with E-state index in [-0.39, 0.29) is 0 Å². The Hall–Kier alpha value is -4.25. The molecule has 0 heterocycles. The minimum atomic E-state index is -2.15. The minimum Gasteiger partial charge on any atom is -0.0620 e. The van der Waals surface area contributed by atoms with Gasteiger partial charge in [0.15, 0.2) is 0 Å². The highest BCUT2D eigenvalue weighted by atomic mass is 31.2. The summed E-state index contributed by atoms with van der Waals surface area (Å²) in [6.07, 6.45) is 0. The van der Waals surface area contributed by atoms with Gasteiger partial charge in [0.25, 0.3) is 0 Å². The third-order valence-corrected chi connectivity index (χ3v) is 11.8. The van der Waals surface area contributed by atoms with Gasteiger partial charge < -0.3 is 0 Å². The maximum absolute atomic E-state index is 2.49. The SMILES string of the molecule is c1ccc([P+](c2ccccc2)(c2ccccc2)c2ccc3ccc4ccc5ccccc5c4c3c2)cc1. The third-order valence-electron chi connectivity index (χ3n) is 7.53. The Morgan fingerprint density at radius 2 is 0.730 bits per heavy atom. The fourth-order valence-corrected chi connectivity index (χ4v) is 10.1. The van der Waals surface area contributed by atoms with Crippen LogP contribution in [0.4, 0.5) is 0 Å². The highest BCUT2D eigenvalue weighted by Gasteiger charge is 2.47. The fraction of sp³-hybridized carbons (Fsp3) is 0. The predicted octanol–water partition coefficient (Wildman–Crippen LogP) is 7.77. The molecule has 7 aromatic carbocycles. The monoisotopic (exact) mass is 489 g/mol. The summed E-state index contributed by atoms with van der Waals surface area (Å²) in [7, 11) is -2.15. The molecule has 0 N–H and O–H groups in total. The highest BCUT2D eigenvalue weighted by molar-refractivity contribution is 8.01. The molecule has 0 saturated heterocycles. The lowest BCUT2D eigenvalue weighted by Crippen LogP contribution is -2.38. The smallest absolute Gasteiger partial charge is 0.0620 e. The number of rotatable bonds is 4. The fourth-order valence-electron chi connectivity index (χ4n) is 5.87. The molecule has 37 heavy (non-hydrogen) atoms. The van der Waals surface area contributed by atoms with Gasteiger partial charge in [-0.05, 0) is 80.8 Å². The molecular formula is C36H26P+. The van der Waals surface area contributed by atoms with Crippen LogP contribution in [0.2, 0.25) is 0 Å². The summed E-state index contributed by atoms with van der Waals surface area (Å²) in [5.41, 5.74) is 0. The first-order chi connectivity index (χ1) is 18.4. The van der Waals surface area contributed by atoms with Gasteiger partial charge >= 0.3 is 0 Å². The Labute approximate surface area is 218 Å². The zero-order chi connectivity index (χ0) is 24.7. The van der Waals surface area contributed by atoms with Gasteiger partial charge in [-0.15, -0.1) is 0 Å². The van der Waals surface area contributed by atoms with Crippen molar-refractivity contribution in [3.8, 4) is 0 Å². The quantitative estimate of drug-likeness (QED) is 0.175. The lowest BCUT2D eigenvalue weighted by atomic mass is 9.96. The lowest BCUT2D eigenvalue weighted by molar-refractivity contribution is 1.72. The van der Waals surface area contributed by atoms with Crippen molar-refractivity contribution in [3.63, 3.8) is 0 Å². The van der Waals surface area contributed by atoms with Crippen LogP contribution in [0.1, 0.15) is 0 Å². The van der Waals surface area contributed by atoms with Crippen LogP contribution in [0.3, 0.4) is 0 Å². The van der Waals surface area contributed by atoms with E-state index in [1.807, 2.05) is 0 Å². The lowest BCUT2D eigenvalue weighted by Gasteiger charge is -2.28. The second kappa shape index (κ2) is 9.00. The summed E-state index contributed by atoms with van der Waals surface area (Å²) in [6, 6.07) is 58.3. The molecule has 0 aromatic heterocycles. The molecule has 0 saturated carbocycles. The molecule has 0 spiro atoms. The molecular weight excluding hydrogens is 463 g/mol. The van der Waals surface area contributed by atoms with E-state index in [4.69, 9.17) is 0 Å². The topological polar surface area (TPSA) is 0 Å². The minimum absolute atomic E-state index is 1.28. The molecule has 0 bridgehead atoms. The maximum Gasteiger partial charge on any atom is 0.144 e. The summed E-state index contributed by atoms with van der Waals surface area (Å²) in [4.78, 5) is 0. The van der Waals surface area contributed by atoms with Gasteiger partial charge in [0.1, 0.15) is 28.5 Å². The van der Waals surface area contributed by atoms with E-state index in [1.165, 1.54) is 53.5 Å². The Bertz CT molecular complexity index is 1750. The first kappa shape index (κ1) is 22.0. The van der Waals surface area contributed by atoms with Crippen LogP contribution in [-0.2, 0) is 0 Å². The molecule has 0 nitrogen and oxygen atoms in total. The van der Waals surface area contributed by atoms with E-state index in [0.29, 0.717) is 0 Å². The summed E-state index contributed by atoms with van der Waals surface area (Å²) in [5, 5.41) is 13.3. The van der Waals surface area contributed by atoms with Crippen LogP contribution in [0.5, 0.6) is 0 Å². The van der Waals surface area contributed by atoms with Gasteiger partial charge in [-0.25, -0.2) is 0 Å². The Balaban J connectivity index is 1.65. The Kier molecular flexibility index (Phi) is 5.35. The van der Waals surface area contributed by atoms with Gasteiger partial charge in [-0.3, -0.25) is 0 Å². The van der Waals surface area contributed by atoms with Gasteiger partial charge in [0.05, 0.1) is 0 Å². The summed E-state index contributed by atoms with van der Waals surface area (Å²) < 4.78 is 0. The van der Waals surface area contributed by atoms with Gasteiger partial charge in [-0.2, -0.15) is 0 Å². The average molecular weight is 490 g/mol.